The second-order valence-electron chi connectivity index (χ2n) is 4.41. The number of carboxylic acids is 1. The normalized spacial score (nSPS) is 16.8. The first-order valence-electron chi connectivity index (χ1n) is 6.25. The highest BCUT2D eigenvalue weighted by Gasteiger charge is 2.17. The van der Waals surface area contributed by atoms with Crippen molar-refractivity contribution in [2.24, 2.45) is 0 Å². The van der Waals surface area contributed by atoms with Crippen LogP contribution < -0.4 is 4.90 Å². The van der Waals surface area contributed by atoms with Crippen molar-refractivity contribution in [3.63, 3.8) is 0 Å². The van der Waals surface area contributed by atoms with Gasteiger partial charge in [0.2, 0.25) is 0 Å². The molecule has 1 aromatic heterocycles. The molecule has 1 aliphatic rings. The molecule has 1 aliphatic heterocycles. The first-order chi connectivity index (χ1) is 8.70. The molecule has 2 rings (SSSR count). The number of aromatic nitrogens is 2. The molecule has 2 heterocycles. The van der Waals surface area contributed by atoms with Crippen molar-refractivity contribution in [1.29, 1.82) is 0 Å². The van der Waals surface area contributed by atoms with E-state index >= 15 is 0 Å². The molecule has 0 atom stereocenters. The van der Waals surface area contributed by atoms with E-state index in [4.69, 9.17) is 5.11 Å². The van der Waals surface area contributed by atoms with Gasteiger partial charge >= 0.3 is 5.97 Å². The number of hydrogen-bond acceptors (Lipinski definition) is 5. The highest BCUT2D eigenvalue weighted by Crippen LogP contribution is 2.12. The number of carbonyl (C=O) groups is 1. The van der Waals surface area contributed by atoms with Gasteiger partial charge in [0, 0.05) is 26.2 Å². The lowest BCUT2D eigenvalue weighted by atomic mass is 10.3. The molecule has 1 fully saturated rings. The molecule has 0 saturated carbocycles. The first kappa shape index (κ1) is 12.8. The van der Waals surface area contributed by atoms with Crippen molar-refractivity contribution in [1.82, 2.24) is 15.1 Å². The van der Waals surface area contributed by atoms with Gasteiger partial charge in [-0.2, -0.15) is 0 Å². The van der Waals surface area contributed by atoms with Gasteiger partial charge in [0.15, 0.2) is 11.5 Å². The Balaban J connectivity index is 1.95. The number of anilines is 1. The fourth-order valence-electron chi connectivity index (χ4n) is 2.12. The van der Waals surface area contributed by atoms with Gasteiger partial charge in [-0.3, -0.25) is 4.90 Å². The van der Waals surface area contributed by atoms with Crippen LogP contribution in [0.3, 0.4) is 0 Å². The third-order valence-electron chi connectivity index (χ3n) is 3.11. The number of aromatic carboxylic acids is 1. The summed E-state index contributed by atoms with van der Waals surface area (Å²) in [5.41, 5.74) is -0.0108. The average molecular weight is 250 g/mol. The summed E-state index contributed by atoms with van der Waals surface area (Å²) in [6.45, 7) is 7.20. The van der Waals surface area contributed by atoms with Gasteiger partial charge in [0.25, 0.3) is 0 Å². The van der Waals surface area contributed by atoms with E-state index in [1.165, 1.54) is 12.5 Å². The smallest absolute Gasteiger partial charge is 0.356 e. The number of piperazine rings is 1. The fraction of sp³-hybridized carbons (Fsp3) is 0.583. The zero-order chi connectivity index (χ0) is 13.0. The molecule has 0 unspecified atom stereocenters. The molecule has 0 aromatic carbocycles. The van der Waals surface area contributed by atoms with Crippen LogP contribution in [0.5, 0.6) is 0 Å². The van der Waals surface area contributed by atoms with Gasteiger partial charge in [-0.05, 0) is 25.1 Å². The summed E-state index contributed by atoms with van der Waals surface area (Å²) < 4.78 is 0. The van der Waals surface area contributed by atoms with Gasteiger partial charge in [0.05, 0.1) is 0 Å². The maximum Gasteiger partial charge on any atom is 0.356 e. The van der Waals surface area contributed by atoms with Crippen molar-refractivity contribution < 1.29 is 9.90 Å². The van der Waals surface area contributed by atoms with E-state index in [0.29, 0.717) is 0 Å². The van der Waals surface area contributed by atoms with Gasteiger partial charge in [0.1, 0.15) is 0 Å². The van der Waals surface area contributed by atoms with Crippen molar-refractivity contribution in [3.8, 4) is 0 Å². The van der Waals surface area contributed by atoms with Crippen molar-refractivity contribution in [3.05, 3.63) is 17.8 Å². The van der Waals surface area contributed by atoms with Crippen LogP contribution in [0.1, 0.15) is 23.8 Å². The SMILES string of the molecule is CCCN1CCN(c2ccc(C(=O)O)nn2)CC1. The van der Waals surface area contributed by atoms with Gasteiger partial charge < -0.3 is 10.0 Å². The minimum atomic E-state index is -1.04. The Morgan fingerprint density at radius 2 is 2.00 bits per heavy atom. The summed E-state index contributed by atoms with van der Waals surface area (Å²) >= 11 is 0. The Morgan fingerprint density at radius 1 is 1.28 bits per heavy atom. The Labute approximate surface area is 106 Å². The number of nitrogens with zero attached hydrogens (tertiary/aromatic N) is 4. The van der Waals surface area contributed by atoms with E-state index in [1.54, 1.807) is 6.07 Å². The molecule has 0 spiro atoms. The summed E-state index contributed by atoms with van der Waals surface area (Å²) in [6.07, 6.45) is 1.17. The van der Waals surface area contributed by atoms with Crippen LogP contribution in [-0.4, -0.2) is 58.9 Å². The third kappa shape index (κ3) is 2.95. The predicted octanol–water partition coefficient (Wildman–Crippen LogP) is 0.707. The largest absolute Gasteiger partial charge is 0.476 e. The Kier molecular flexibility index (Phi) is 4.09. The summed E-state index contributed by atoms with van der Waals surface area (Å²) in [7, 11) is 0. The molecule has 0 bridgehead atoms. The lowest BCUT2D eigenvalue weighted by molar-refractivity contribution is 0.0689. The maximum absolute atomic E-state index is 10.7. The molecule has 0 radical (unpaired) electrons. The van der Waals surface area contributed by atoms with Crippen LogP contribution in [0.4, 0.5) is 5.82 Å². The standard InChI is InChI=1S/C12H18N4O2/c1-2-5-15-6-8-16(9-7-15)11-4-3-10(12(17)18)13-14-11/h3-4H,2,5-9H2,1H3,(H,17,18). The lowest BCUT2D eigenvalue weighted by Gasteiger charge is -2.34. The van der Waals surface area contributed by atoms with Crippen LogP contribution in [-0.2, 0) is 0 Å². The molecule has 1 saturated heterocycles. The van der Waals surface area contributed by atoms with Crippen LogP contribution >= 0.6 is 0 Å². The molecule has 6 heteroatoms. The maximum atomic E-state index is 10.7. The molecule has 98 valence electrons. The lowest BCUT2D eigenvalue weighted by Crippen LogP contribution is -2.46. The van der Waals surface area contributed by atoms with Crippen LogP contribution in [0.2, 0.25) is 0 Å². The zero-order valence-electron chi connectivity index (χ0n) is 10.5. The molecular weight excluding hydrogens is 232 g/mol. The summed E-state index contributed by atoms with van der Waals surface area (Å²) in [5.74, 6) is -0.280. The zero-order valence-corrected chi connectivity index (χ0v) is 10.5. The van der Waals surface area contributed by atoms with E-state index in [2.05, 4.69) is 26.9 Å². The summed E-state index contributed by atoms with van der Waals surface area (Å²) in [5, 5.41) is 16.4. The van der Waals surface area contributed by atoms with Crippen LogP contribution in [0.25, 0.3) is 0 Å². The second kappa shape index (κ2) is 5.77. The van der Waals surface area contributed by atoms with Crippen molar-refractivity contribution >= 4 is 11.8 Å². The minimum absolute atomic E-state index is 0.0108. The molecular formula is C12H18N4O2. The average Bonchev–Trinajstić information content (AvgIpc) is 2.40. The fourth-order valence-corrected chi connectivity index (χ4v) is 2.12. The molecule has 18 heavy (non-hydrogen) atoms. The van der Waals surface area contributed by atoms with Crippen molar-refractivity contribution in [2.45, 2.75) is 13.3 Å². The monoisotopic (exact) mass is 250 g/mol. The van der Waals surface area contributed by atoms with Gasteiger partial charge in [-0.1, -0.05) is 6.92 Å². The molecule has 0 amide bonds. The van der Waals surface area contributed by atoms with E-state index in [9.17, 15) is 4.79 Å². The highest BCUT2D eigenvalue weighted by molar-refractivity contribution is 5.85. The molecule has 1 aromatic rings. The van der Waals surface area contributed by atoms with Crippen molar-refractivity contribution in [2.75, 3.05) is 37.6 Å². The van der Waals surface area contributed by atoms with Gasteiger partial charge in [-0.25, -0.2) is 4.79 Å². The second-order valence-corrected chi connectivity index (χ2v) is 4.41. The highest BCUT2D eigenvalue weighted by atomic mass is 16.4. The third-order valence-corrected chi connectivity index (χ3v) is 3.11. The number of hydrogen-bond donors (Lipinski definition) is 1. The number of rotatable bonds is 4. The van der Waals surface area contributed by atoms with E-state index < -0.39 is 5.97 Å². The quantitative estimate of drug-likeness (QED) is 0.848. The topological polar surface area (TPSA) is 69.6 Å². The summed E-state index contributed by atoms with van der Waals surface area (Å²) in [6, 6.07) is 3.23. The Hall–Kier alpha value is -1.69. The Morgan fingerprint density at radius 3 is 2.50 bits per heavy atom. The molecule has 0 aliphatic carbocycles. The van der Waals surface area contributed by atoms with Crippen LogP contribution in [0.15, 0.2) is 12.1 Å². The number of carboxylic acid groups (broad SMARTS) is 1. The van der Waals surface area contributed by atoms with Crippen LogP contribution in [0, 0.1) is 0 Å². The first-order valence-corrected chi connectivity index (χ1v) is 6.25. The summed E-state index contributed by atoms with van der Waals surface area (Å²) in [4.78, 5) is 15.3. The van der Waals surface area contributed by atoms with E-state index in [1.807, 2.05) is 0 Å². The minimum Gasteiger partial charge on any atom is -0.476 e. The predicted molar refractivity (Wildman–Crippen MR) is 67.9 cm³/mol. The Bertz CT molecular complexity index is 399. The van der Waals surface area contributed by atoms with E-state index in [0.717, 1.165) is 38.5 Å². The van der Waals surface area contributed by atoms with Gasteiger partial charge in [-0.15, -0.1) is 10.2 Å². The van der Waals surface area contributed by atoms with E-state index in [-0.39, 0.29) is 5.69 Å². The molecule has 6 nitrogen and oxygen atoms in total. The molecule has 1 N–H and O–H groups in total.